The highest BCUT2D eigenvalue weighted by Gasteiger charge is 2.14. The number of benzene rings is 1. The molecule has 5 heteroatoms. The van der Waals surface area contributed by atoms with E-state index >= 15 is 0 Å². The van der Waals surface area contributed by atoms with Crippen LogP contribution < -0.4 is 18.8 Å². The van der Waals surface area contributed by atoms with Crippen molar-refractivity contribution in [3.63, 3.8) is 0 Å². The third-order valence-electron chi connectivity index (χ3n) is 3.20. The molecule has 0 unspecified atom stereocenters. The van der Waals surface area contributed by atoms with Crippen LogP contribution in [-0.2, 0) is 7.05 Å². The molecule has 0 bridgehead atoms. The number of hydrogen-bond donors (Lipinski definition) is 1. The zero-order valence-corrected chi connectivity index (χ0v) is 12.5. The predicted molar refractivity (Wildman–Crippen MR) is 78.0 cm³/mol. The Balaban J connectivity index is 1.86. The molecule has 1 aromatic heterocycles. The van der Waals surface area contributed by atoms with E-state index in [-0.39, 0.29) is 5.75 Å². The number of ether oxygens (including phenoxy) is 3. The summed E-state index contributed by atoms with van der Waals surface area (Å²) in [6, 6.07) is 8.95. The van der Waals surface area contributed by atoms with Gasteiger partial charge in [0.2, 0.25) is 11.4 Å². The molecule has 0 saturated heterocycles. The smallest absolute Gasteiger partial charge is 0.228 e. The third kappa shape index (κ3) is 3.78. The molecule has 21 heavy (non-hydrogen) atoms. The van der Waals surface area contributed by atoms with Crippen molar-refractivity contribution in [3.05, 3.63) is 42.2 Å². The van der Waals surface area contributed by atoms with Crippen molar-refractivity contribution < 1.29 is 23.9 Å². The number of aryl methyl sites for hydroxylation is 1. The van der Waals surface area contributed by atoms with Crippen LogP contribution in [0.15, 0.2) is 36.5 Å². The summed E-state index contributed by atoms with van der Waals surface area (Å²) >= 11 is 0. The Labute approximate surface area is 124 Å². The molecule has 2 aromatic rings. The number of hydrogen-bond acceptors (Lipinski definition) is 4. The average molecular weight is 290 g/mol. The molecule has 0 amide bonds. The highest BCUT2D eigenvalue weighted by Crippen LogP contribution is 2.26. The van der Waals surface area contributed by atoms with Gasteiger partial charge in [-0.1, -0.05) is 0 Å². The second kappa shape index (κ2) is 6.83. The first-order valence-corrected chi connectivity index (χ1v) is 6.69. The molecular formula is C16H20NO4+. The van der Waals surface area contributed by atoms with Gasteiger partial charge in [0.25, 0.3) is 0 Å². The van der Waals surface area contributed by atoms with Gasteiger partial charge in [-0.25, -0.2) is 4.57 Å². The molecular weight excluding hydrogens is 270 g/mol. The highest BCUT2D eigenvalue weighted by molar-refractivity contribution is 5.38. The third-order valence-corrected chi connectivity index (χ3v) is 3.20. The molecule has 0 atom stereocenters. The van der Waals surface area contributed by atoms with E-state index in [1.54, 1.807) is 19.4 Å². The minimum absolute atomic E-state index is 0.134. The molecule has 0 saturated carbocycles. The normalized spacial score (nSPS) is 10.2. The van der Waals surface area contributed by atoms with Gasteiger partial charge in [-0.05, 0) is 24.3 Å². The van der Waals surface area contributed by atoms with Gasteiger partial charge in [0, 0.05) is 13.0 Å². The second-order valence-corrected chi connectivity index (χ2v) is 4.60. The molecule has 0 spiro atoms. The van der Waals surface area contributed by atoms with Crippen molar-refractivity contribution in [2.75, 3.05) is 20.3 Å². The number of methoxy groups -OCH3 is 1. The standard InChI is InChI=1S/C16H19NO4/c1-12-16(15(18)8-9-17(12)2)21-11-10-20-14-6-4-13(19-3)5-7-14/h4-9H,10-11H2,1-3H3/p+1. The summed E-state index contributed by atoms with van der Waals surface area (Å²) in [4.78, 5) is 0. The lowest BCUT2D eigenvalue weighted by molar-refractivity contribution is -0.678. The summed E-state index contributed by atoms with van der Waals surface area (Å²) in [7, 11) is 3.52. The van der Waals surface area contributed by atoms with Crippen LogP contribution in [0, 0.1) is 6.92 Å². The quantitative estimate of drug-likeness (QED) is 0.653. The number of rotatable bonds is 6. The van der Waals surface area contributed by atoms with E-state index in [1.807, 2.05) is 42.8 Å². The summed E-state index contributed by atoms with van der Waals surface area (Å²) in [6.45, 7) is 2.63. The van der Waals surface area contributed by atoms with Crippen LogP contribution in [-0.4, -0.2) is 25.4 Å². The summed E-state index contributed by atoms with van der Waals surface area (Å²) in [5.74, 6) is 2.16. The van der Waals surface area contributed by atoms with E-state index in [9.17, 15) is 5.11 Å². The fraction of sp³-hybridized carbons (Fsp3) is 0.312. The minimum atomic E-state index is 0.134. The summed E-state index contributed by atoms with van der Waals surface area (Å²) in [5.41, 5.74) is 0.861. The van der Waals surface area contributed by atoms with Crippen LogP contribution in [0.3, 0.4) is 0 Å². The average Bonchev–Trinajstić information content (AvgIpc) is 2.51. The van der Waals surface area contributed by atoms with Crippen LogP contribution in [0.25, 0.3) is 0 Å². The van der Waals surface area contributed by atoms with E-state index in [2.05, 4.69) is 0 Å². The second-order valence-electron chi connectivity index (χ2n) is 4.60. The Kier molecular flexibility index (Phi) is 4.87. The molecule has 1 heterocycles. The summed E-state index contributed by atoms with van der Waals surface area (Å²) < 4.78 is 18.1. The molecule has 1 N–H and O–H groups in total. The van der Waals surface area contributed by atoms with Crippen molar-refractivity contribution in [1.29, 1.82) is 0 Å². The summed E-state index contributed by atoms with van der Waals surface area (Å²) in [5, 5.41) is 9.80. The lowest BCUT2D eigenvalue weighted by Gasteiger charge is -2.10. The van der Waals surface area contributed by atoms with Crippen molar-refractivity contribution in [1.82, 2.24) is 0 Å². The number of aromatic nitrogens is 1. The van der Waals surface area contributed by atoms with Crippen molar-refractivity contribution in [2.45, 2.75) is 6.92 Å². The van der Waals surface area contributed by atoms with Crippen LogP contribution in [0.1, 0.15) is 5.69 Å². The molecule has 1 aromatic carbocycles. The zero-order chi connectivity index (χ0) is 15.2. The Hall–Kier alpha value is -2.43. The Morgan fingerprint density at radius 3 is 2.29 bits per heavy atom. The fourth-order valence-corrected chi connectivity index (χ4v) is 1.87. The molecule has 112 valence electrons. The first kappa shape index (κ1) is 15.0. The lowest BCUT2D eigenvalue weighted by atomic mass is 10.3. The molecule has 2 rings (SSSR count). The van der Waals surface area contributed by atoms with Gasteiger partial charge >= 0.3 is 0 Å². The monoisotopic (exact) mass is 290 g/mol. The van der Waals surface area contributed by atoms with E-state index in [0.29, 0.717) is 19.0 Å². The SMILES string of the molecule is COc1ccc(OCCOc2c(O)cc[n+](C)c2C)cc1. The number of aromatic hydroxyl groups is 1. The molecule has 0 aliphatic rings. The fourth-order valence-electron chi connectivity index (χ4n) is 1.87. The maximum absolute atomic E-state index is 9.80. The lowest BCUT2D eigenvalue weighted by Crippen LogP contribution is -2.31. The predicted octanol–water partition coefficient (Wildman–Crippen LogP) is 1.99. The van der Waals surface area contributed by atoms with Gasteiger partial charge in [-0.3, -0.25) is 0 Å². The highest BCUT2D eigenvalue weighted by atomic mass is 16.5. The van der Waals surface area contributed by atoms with E-state index in [1.165, 1.54) is 0 Å². The maximum atomic E-state index is 9.80. The van der Waals surface area contributed by atoms with E-state index in [4.69, 9.17) is 14.2 Å². The van der Waals surface area contributed by atoms with Gasteiger partial charge in [0.15, 0.2) is 11.9 Å². The largest absolute Gasteiger partial charge is 0.504 e. The first-order valence-electron chi connectivity index (χ1n) is 6.69. The van der Waals surface area contributed by atoms with Gasteiger partial charge in [-0.2, -0.15) is 0 Å². The molecule has 0 aliphatic heterocycles. The van der Waals surface area contributed by atoms with Gasteiger partial charge in [0.05, 0.1) is 7.11 Å². The maximum Gasteiger partial charge on any atom is 0.228 e. The van der Waals surface area contributed by atoms with Crippen LogP contribution in [0.2, 0.25) is 0 Å². The Morgan fingerprint density at radius 2 is 1.62 bits per heavy atom. The van der Waals surface area contributed by atoms with Crippen LogP contribution >= 0.6 is 0 Å². The van der Waals surface area contributed by atoms with E-state index < -0.39 is 0 Å². The van der Waals surface area contributed by atoms with Crippen LogP contribution in [0.5, 0.6) is 23.0 Å². The number of nitrogens with zero attached hydrogens (tertiary/aromatic N) is 1. The van der Waals surface area contributed by atoms with Crippen molar-refractivity contribution >= 4 is 0 Å². The van der Waals surface area contributed by atoms with Gasteiger partial charge in [0.1, 0.15) is 31.8 Å². The minimum Gasteiger partial charge on any atom is -0.504 e. The Bertz CT molecular complexity index is 596. The topological polar surface area (TPSA) is 51.8 Å². The van der Waals surface area contributed by atoms with Gasteiger partial charge in [-0.15, -0.1) is 0 Å². The van der Waals surface area contributed by atoms with E-state index in [0.717, 1.165) is 17.2 Å². The molecule has 0 fully saturated rings. The summed E-state index contributed by atoms with van der Waals surface area (Å²) in [6.07, 6.45) is 1.78. The first-order chi connectivity index (χ1) is 10.1. The Morgan fingerprint density at radius 1 is 1.00 bits per heavy atom. The molecule has 0 radical (unpaired) electrons. The number of pyridine rings is 1. The molecule has 0 aliphatic carbocycles. The molecule has 5 nitrogen and oxygen atoms in total. The van der Waals surface area contributed by atoms with Crippen molar-refractivity contribution in [2.24, 2.45) is 7.05 Å². The van der Waals surface area contributed by atoms with Gasteiger partial charge < -0.3 is 19.3 Å². The van der Waals surface area contributed by atoms with Crippen molar-refractivity contribution in [3.8, 4) is 23.0 Å². The van der Waals surface area contributed by atoms with Crippen LogP contribution in [0.4, 0.5) is 0 Å². The zero-order valence-electron chi connectivity index (χ0n) is 12.5.